The van der Waals surface area contributed by atoms with E-state index in [0.29, 0.717) is 18.8 Å². The van der Waals surface area contributed by atoms with E-state index in [9.17, 15) is 9.90 Å². The summed E-state index contributed by atoms with van der Waals surface area (Å²) in [6.07, 6.45) is 2.36. The molecule has 0 bridgehead atoms. The Hall–Kier alpha value is -1.22. The Morgan fingerprint density at radius 1 is 1.39 bits per heavy atom. The van der Waals surface area contributed by atoms with Gasteiger partial charge < -0.3 is 10.0 Å². The summed E-state index contributed by atoms with van der Waals surface area (Å²) in [4.78, 5) is 13.9. The molecule has 0 aliphatic heterocycles. The lowest BCUT2D eigenvalue weighted by molar-refractivity contribution is -0.130. The number of unbranched alkanes of at least 4 members (excludes halogenated alkanes) is 1. The van der Waals surface area contributed by atoms with Gasteiger partial charge in [0.1, 0.15) is 5.75 Å². The fraction of sp³-hybridized carbons (Fsp3) is 0.500. The van der Waals surface area contributed by atoms with E-state index in [2.05, 4.69) is 6.92 Å². The second-order valence-electron chi connectivity index (χ2n) is 4.27. The van der Waals surface area contributed by atoms with E-state index in [1.54, 1.807) is 23.1 Å². The topological polar surface area (TPSA) is 40.5 Å². The summed E-state index contributed by atoms with van der Waals surface area (Å²) in [5.41, 5.74) is 0.830. The average molecular weight is 270 g/mol. The smallest absolute Gasteiger partial charge is 0.227 e. The van der Waals surface area contributed by atoms with Crippen molar-refractivity contribution in [3.05, 3.63) is 29.8 Å². The Bertz CT molecular complexity index is 382. The van der Waals surface area contributed by atoms with Gasteiger partial charge in [-0.2, -0.15) is 0 Å². The first-order chi connectivity index (χ1) is 8.67. The summed E-state index contributed by atoms with van der Waals surface area (Å²) in [6, 6.07) is 6.81. The first-order valence-electron chi connectivity index (χ1n) is 6.29. The molecule has 100 valence electrons. The van der Waals surface area contributed by atoms with Gasteiger partial charge in [0.2, 0.25) is 5.91 Å². The number of halogens is 1. The molecule has 1 rings (SSSR count). The maximum Gasteiger partial charge on any atom is 0.227 e. The molecule has 0 unspecified atom stereocenters. The Labute approximate surface area is 113 Å². The maximum absolute atomic E-state index is 12.1. The summed E-state index contributed by atoms with van der Waals surface area (Å²) in [5, 5.41) is 9.36. The summed E-state index contributed by atoms with van der Waals surface area (Å²) in [5.74, 6) is 0.711. The van der Waals surface area contributed by atoms with Gasteiger partial charge in [-0.1, -0.05) is 25.5 Å². The van der Waals surface area contributed by atoms with Crippen molar-refractivity contribution in [2.45, 2.75) is 26.2 Å². The minimum Gasteiger partial charge on any atom is -0.508 e. The van der Waals surface area contributed by atoms with Crippen LogP contribution < -0.4 is 0 Å². The first-order valence-corrected chi connectivity index (χ1v) is 6.82. The number of aromatic hydroxyl groups is 1. The van der Waals surface area contributed by atoms with Crippen LogP contribution in [0.3, 0.4) is 0 Å². The predicted octanol–water partition coefficient (Wildman–Crippen LogP) is 2.80. The van der Waals surface area contributed by atoms with Crippen LogP contribution in [0.4, 0.5) is 0 Å². The van der Waals surface area contributed by atoms with Crippen LogP contribution in [0.2, 0.25) is 0 Å². The summed E-state index contributed by atoms with van der Waals surface area (Å²) >= 11 is 5.71. The van der Waals surface area contributed by atoms with Crippen LogP contribution in [0.5, 0.6) is 5.75 Å². The van der Waals surface area contributed by atoms with Crippen LogP contribution in [0, 0.1) is 0 Å². The van der Waals surface area contributed by atoms with Crippen molar-refractivity contribution in [2.24, 2.45) is 0 Å². The standard InChI is InChI=1S/C14H20ClNO2/c1-2-3-8-16(9-7-15)14(18)11-12-5-4-6-13(17)10-12/h4-6,10,17H,2-3,7-9,11H2,1H3. The minimum absolute atomic E-state index is 0.0645. The van der Waals surface area contributed by atoms with Gasteiger partial charge in [0, 0.05) is 19.0 Å². The van der Waals surface area contributed by atoms with E-state index in [0.717, 1.165) is 24.9 Å². The molecule has 0 saturated heterocycles. The van der Waals surface area contributed by atoms with Crippen molar-refractivity contribution in [1.82, 2.24) is 4.90 Å². The molecular formula is C14H20ClNO2. The zero-order chi connectivity index (χ0) is 13.4. The summed E-state index contributed by atoms with van der Waals surface area (Å²) in [7, 11) is 0. The number of carbonyl (C=O) groups is 1. The lowest BCUT2D eigenvalue weighted by Gasteiger charge is -2.21. The van der Waals surface area contributed by atoms with Crippen LogP contribution in [-0.4, -0.2) is 34.9 Å². The molecule has 0 fully saturated rings. The number of hydrogen-bond acceptors (Lipinski definition) is 2. The third-order valence-corrected chi connectivity index (χ3v) is 2.92. The van der Waals surface area contributed by atoms with Gasteiger partial charge in [-0.15, -0.1) is 11.6 Å². The quantitative estimate of drug-likeness (QED) is 0.774. The second kappa shape index (κ2) is 7.98. The fourth-order valence-corrected chi connectivity index (χ4v) is 1.97. The third kappa shape index (κ3) is 4.96. The summed E-state index contributed by atoms with van der Waals surface area (Å²) < 4.78 is 0. The van der Waals surface area contributed by atoms with Crippen molar-refractivity contribution in [1.29, 1.82) is 0 Å². The third-order valence-electron chi connectivity index (χ3n) is 2.75. The number of alkyl halides is 1. The number of phenolic OH excluding ortho intramolecular Hbond substituents is 1. The minimum atomic E-state index is 0.0645. The zero-order valence-corrected chi connectivity index (χ0v) is 11.5. The summed E-state index contributed by atoms with van der Waals surface area (Å²) in [6.45, 7) is 3.43. The number of benzene rings is 1. The van der Waals surface area contributed by atoms with Gasteiger partial charge >= 0.3 is 0 Å². The molecule has 18 heavy (non-hydrogen) atoms. The monoisotopic (exact) mass is 269 g/mol. The highest BCUT2D eigenvalue weighted by Crippen LogP contribution is 2.12. The first kappa shape index (κ1) is 14.8. The van der Waals surface area contributed by atoms with E-state index in [4.69, 9.17) is 11.6 Å². The van der Waals surface area contributed by atoms with Gasteiger partial charge in [0.25, 0.3) is 0 Å². The Kier molecular flexibility index (Phi) is 6.58. The van der Waals surface area contributed by atoms with Crippen molar-refractivity contribution in [2.75, 3.05) is 19.0 Å². The molecule has 1 aromatic carbocycles. The SMILES string of the molecule is CCCCN(CCCl)C(=O)Cc1cccc(O)c1. The predicted molar refractivity (Wildman–Crippen MR) is 74.0 cm³/mol. The Morgan fingerprint density at radius 2 is 2.17 bits per heavy atom. The van der Waals surface area contributed by atoms with E-state index >= 15 is 0 Å². The number of phenols is 1. The average Bonchev–Trinajstić information content (AvgIpc) is 2.34. The van der Waals surface area contributed by atoms with Gasteiger partial charge in [-0.25, -0.2) is 0 Å². The highest BCUT2D eigenvalue weighted by molar-refractivity contribution is 6.18. The number of rotatable bonds is 7. The number of carbonyl (C=O) groups excluding carboxylic acids is 1. The van der Waals surface area contributed by atoms with Crippen LogP contribution in [0.15, 0.2) is 24.3 Å². The fourth-order valence-electron chi connectivity index (χ4n) is 1.77. The molecule has 0 spiro atoms. The second-order valence-corrected chi connectivity index (χ2v) is 4.65. The molecule has 0 aliphatic rings. The van der Waals surface area contributed by atoms with Gasteiger partial charge in [0.15, 0.2) is 0 Å². The van der Waals surface area contributed by atoms with Crippen molar-refractivity contribution >= 4 is 17.5 Å². The molecule has 1 aromatic rings. The lowest BCUT2D eigenvalue weighted by Crippen LogP contribution is -2.34. The lowest BCUT2D eigenvalue weighted by atomic mass is 10.1. The molecule has 0 heterocycles. The molecule has 0 aliphatic carbocycles. The van der Waals surface area contributed by atoms with Crippen LogP contribution in [0.1, 0.15) is 25.3 Å². The Balaban J connectivity index is 2.60. The highest BCUT2D eigenvalue weighted by atomic mass is 35.5. The molecule has 3 nitrogen and oxygen atoms in total. The van der Waals surface area contributed by atoms with Crippen molar-refractivity contribution in [3.8, 4) is 5.75 Å². The van der Waals surface area contributed by atoms with Gasteiger partial charge in [-0.3, -0.25) is 4.79 Å². The number of nitrogens with zero attached hydrogens (tertiary/aromatic N) is 1. The van der Waals surface area contributed by atoms with Crippen molar-refractivity contribution < 1.29 is 9.90 Å². The van der Waals surface area contributed by atoms with E-state index < -0.39 is 0 Å². The van der Waals surface area contributed by atoms with Crippen LogP contribution >= 0.6 is 11.6 Å². The van der Waals surface area contributed by atoms with E-state index in [1.165, 1.54) is 0 Å². The van der Waals surface area contributed by atoms with Crippen molar-refractivity contribution in [3.63, 3.8) is 0 Å². The normalized spacial score (nSPS) is 10.3. The van der Waals surface area contributed by atoms with Crippen LogP contribution in [0.25, 0.3) is 0 Å². The molecule has 0 aromatic heterocycles. The van der Waals surface area contributed by atoms with Crippen LogP contribution in [-0.2, 0) is 11.2 Å². The maximum atomic E-state index is 12.1. The molecule has 4 heteroatoms. The molecule has 0 radical (unpaired) electrons. The van der Waals surface area contributed by atoms with E-state index in [1.807, 2.05) is 6.07 Å². The molecular weight excluding hydrogens is 250 g/mol. The zero-order valence-electron chi connectivity index (χ0n) is 10.7. The van der Waals surface area contributed by atoms with E-state index in [-0.39, 0.29) is 11.7 Å². The molecule has 1 N–H and O–H groups in total. The Morgan fingerprint density at radius 3 is 2.78 bits per heavy atom. The molecule has 1 amide bonds. The van der Waals surface area contributed by atoms with Gasteiger partial charge in [0.05, 0.1) is 6.42 Å². The highest BCUT2D eigenvalue weighted by Gasteiger charge is 2.13. The number of amides is 1. The number of hydrogen-bond donors (Lipinski definition) is 1. The molecule has 0 saturated carbocycles. The molecule has 0 atom stereocenters. The largest absolute Gasteiger partial charge is 0.508 e. The van der Waals surface area contributed by atoms with Gasteiger partial charge in [-0.05, 0) is 24.1 Å².